The first-order chi connectivity index (χ1) is 15.8. The van der Waals surface area contributed by atoms with Crippen molar-refractivity contribution in [1.82, 2.24) is 14.5 Å². The van der Waals surface area contributed by atoms with E-state index < -0.39 is 0 Å². The van der Waals surface area contributed by atoms with Crippen LogP contribution in [0, 0.1) is 5.82 Å². The molecule has 4 aromatic rings. The Hall–Kier alpha value is -3.18. The number of nitrogens with one attached hydrogen (secondary N) is 1. The van der Waals surface area contributed by atoms with Gasteiger partial charge in [0.15, 0.2) is 0 Å². The lowest BCUT2D eigenvalue weighted by Crippen LogP contribution is -2.40. The minimum absolute atomic E-state index is 0.178. The Morgan fingerprint density at radius 1 is 0.875 bits per heavy atom. The zero-order valence-corrected chi connectivity index (χ0v) is 18.3. The number of aromatic nitrogens is 2. The summed E-state index contributed by atoms with van der Waals surface area (Å²) in [7, 11) is 0. The minimum Gasteiger partial charge on any atom is -0.353 e. The number of likely N-dealkylation sites (tertiary alicyclic amines) is 1. The Balaban J connectivity index is 1.26. The van der Waals surface area contributed by atoms with Crippen molar-refractivity contribution >= 4 is 17.0 Å². The van der Waals surface area contributed by atoms with Crippen LogP contribution in [0.5, 0.6) is 0 Å². The summed E-state index contributed by atoms with van der Waals surface area (Å²) in [5.74, 6) is 0.653. The Kier molecular flexibility index (Phi) is 6.17. The molecular formula is C27H29FN4. The summed E-state index contributed by atoms with van der Waals surface area (Å²) in [6.07, 6.45) is 3.26. The lowest BCUT2D eigenvalue weighted by Gasteiger charge is -2.32. The van der Waals surface area contributed by atoms with E-state index in [4.69, 9.17) is 4.98 Å². The van der Waals surface area contributed by atoms with Gasteiger partial charge < -0.3 is 14.8 Å². The van der Waals surface area contributed by atoms with E-state index in [1.165, 1.54) is 11.6 Å². The van der Waals surface area contributed by atoms with Crippen LogP contribution in [0.1, 0.15) is 24.0 Å². The molecule has 0 radical (unpaired) electrons. The van der Waals surface area contributed by atoms with E-state index in [9.17, 15) is 4.39 Å². The number of para-hydroxylation sites is 2. The van der Waals surface area contributed by atoms with Crippen LogP contribution in [-0.2, 0) is 13.0 Å². The normalized spacial score (nSPS) is 15.3. The van der Waals surface area contributed by atoms with Crippen molar-refractivity contribution in [2.45, 2.75) is 31.8 Å². The van der Waals surface area contributed by atoms with Gasteiger partial charge in [0.05, 0.1) is 17.6 Å². The molecule has 1 fully saturated rings. The van der Waals surface area contributed by atoms with Crippen LogP contribution in [0.3, 0.4) is 0 Å². The maximum atomic E-state index is 14.4. The van der Waals surface area contributed by atoms with Crippen LogP contribution in [0.25, 0.3) is 11.0 Å². The fraction of sp³-hybridized carbons (Fsp3) is 0.296. The van der Waals surface area contributed by atoms with E-state index in [1.807, 2.05) is 30.3 Å². The fourth-order valence-corrected chi connectivity index (χ4v) is 4.56. The highest BCUT2D eigenvalue weighted by atomic mass is 19.1. The number of hydrogen-bond donors (Lipinski definition) is 1. The van der Waals surface area contributed by atoms with Crippen molar-refractivity contribution in [2.75, 3.05) is 25.0 Å². The Bertz CT molecular complexity index is 1160. The van der Waals surface area contributed by atoms with Gasteiger partial charge in [-0.25, -0.2) is 9.37 Å². The molecule has 0 spiro atoms. The maximum absolute atomic E-state index is 14.4. The smallest absolute Gasteiger partial charge is 0.204 e. The van der Waals surface area contributed by atoms with Gasteiger partial charge in [-0.05, 0) is 43.0 Å². The van der Waals surface area contributed by atoms with E-state index >= 15 is 0 Å². The molecule has 1 aromatic heterocycles. The summed E-state index contributed by atoms with van der Waals surface area (Å²) in [5, 5.41) is 3.68. The predicted octanol–water partition coefficient (Wildman–Crippen LogP) is 5.34. The summed E-state index contributed by atoms with van der Waals surface area (Å²) in [5.41, 5.74) is 4.04. The van der Waals surface area contributed by atoms with Gasteiger partial charge in [-0.3, -0.25) is 0 Å². The second-order valence-electron chi connectivity index (χ2n) is 8.60. The lowest BCUT2D eigenvalue weighted by atomic mass is 10.0. The van der Waals surface area contributed by atoms with Gasteiger partial charge in [0.25, 0.3) is 0 Å². The first kappa shape index (κ1) is 20.7. The first-order valence-electron chi connectivity index (χ1n) is 11.5. The zero-order chi connectivity index (χ0) is 21.8. The Morgan fingerprint density at radius 2 is 1.59 bits per heavy atom. The Labute approximate surface area is 188 Å². The molecule has 5 heteroatoms. The number of piperidine rings is 1. The van der Waals surface area contributed by atoms with E-state index in [-0.39, 0.29) is 5.82 Å². The van der Waals surface area contributed by atoms with Gasteiger partial charge in [-0.1, -0.05) is 60.7 Å². The third-order valence-electron chi connectivity index (χ3n) is 6.42. The first-order valence-corrected chi connectivity index (χ1v) is 11.5. The molecule has 164 valence electrons. The van der Waals surface area contributed by atoms with Crippen LogP contribution in [-0.4, -0.2) is 40.1 Å². The third-order valence-corrected chi connectivity index (χ3v) is 6.42. The second-order valence-corrected chi connectivity index (χ2v) is 8.60. The third kappa shape index (κ3) is 4.68. The largest absolute Gasteiger partial charge is 0.353 e. The van der Waals surface area contributed by atoms with Crippen molar-refractivity contribution in [2.24, 2.45) is 0 Å². The standard InChI is InChI=1S/C27H29FN4/c28-24-11-5-4-10-22(24)20-32-26-13-7-6-12-25(26)30-27(32)29-23-15-18-31(19-16-23)17-14-21-8-2-1-3-9-21/h1-13,23H,14-20H2,(H,29,30). The van der Waals surface area contributed by atoms with Crippen LogP contribution in [0.15, 0.2) is 78.9 Å². The molecule has 1 saturated heterocycles. The summed E-state index contributed by atoms with van der Waals surface area (Å²) in [6.45, 7) is 3.73. The molecular weight excluding hydrogens is 399 g/mol. The molecule has 0 saturated carbocycles. The second kappa shape index (κ2) is 9.53. The van der Waals surface area contributed by atoms with Crippen molar-refractivity contribution < 1.29 is 4.39 Å². The number of hydrogen-bond acceptors (Lipinski definition) is 3. The highest BCUT2D eigenvalue weighted by Gasteiger charge is 2.21. The van der Waals surface area contributed by atoms with Gasteiger partial charge in [0.1, 0.15) is 5.82 Å². The molecule has 1 aliphatic rings. The van der Waals surface area contributed by atoms with E-state index in [0.717, 1.165) is 55.9 Å². The highest BCUT2D eigenvalue weighted by molar-refractivity contribution is 5.78. The molecule has 1 aliphatic heterocycles. The van der Waals surface area contributed by atoms with Crippen molar-refractivity contribution in [1.29, 1.82) is 0 Å². The molecule has 3 aromatic carbocycles. The molecule has 0 bridgehead atoms. The minimum atomic E-state index is -0.178. The zero-order valence-electron chi connectivity index (χ0n) is 18.3. The van der Waals surface area contributed by atoms with Gasteiger partial charge in [0.2, 0.25) is 5.95 Å². The summed E-state index contributed by atoms with van der Waals surface area (Å²) in [4.78, 5) is 7.39. The molecule has 32 heavy (non-hydrogen) atoms. The molecule has 2 heterocycles. The number of nitrogens with zero attached hydrogens (tertiary/aromatic N) is 3. The monoisotopic (exact) mass is 428 g/mol. The van der Waals surface area contributed by atoms with Crippen LogP contribution in [0.4, 0.5) is 10.3 Å². The number of imidazole rings is 1. The van der Waals surface area contributed by atoms with Crippen molar-refractivity contribution in [3.63, 3.8) is 0 Å². The topological polar surface area (TPSA) is 33.1 Å². The van der Waals surface area contributed by atoms with E-state index in [1.54, 1.807) is 6.07 Å². The molecule has 1 N–H and O–H groups in total. The SMILES string of the molecule is Fc1ccccc1Cn1c(NC2CCN(CCc3ccccc3)CC2)nc2ccccc21. The molecule has 4 nitrogen and oxygen atoms in total. The number of benzene rings is 3. The van der Waals surface area contributed by atoms with Gasteiger partial charge in [-0.15, -0.1) is 0 Å². The van der Waals surface area contributed by atoms with E-state index in [2.05, 4.69) is 51.2 Å². The molecule has 0 amide bonds. The molecule has 0 unspecified atom stereocenters. The van der Waals surface area contributed by atoms with Crippen molar-refractivity contribution in [3.05, 3.63) is 95.8 Å². The quantitative estimate of drug-likeness (QED) is 0.431. The maximum Gasteiger partial charge on any atom is 0.204 e. The number of rotatable bonds is 7. The van der Waals surface area contributed by atoms with Crippen LogP contribution >= 0.6 is 0 Å². The van der Waals surface area contributed by atoms with Crippen LogP contribution in [0.2, 0.25) is 0 Å². The summed E-state index contributed by atoms with van der Waals surface area (Å²) >= 11 is 0. The highest BCUT2D eigenvalue weighted by Crippen LogP contribution is 2.24. The Morgan fingerprint density at radius 3 is 2.41 bits per heavy atom. The van der Waals surface area contributed by atoms with Gasteiger partial charge in [-0.2, -0.15) is 0 Å². The van der Waals surface area contributed by atoms with E-state index in [0.29, 0.717) is 18.2 Å². The summed E-state index contributed by atoms with van der Waals surface area (Å²) < 4.78 is 16.5. The molecule has 5 rings (SSSR count). The average Bonchev–Trinajstić information content (AvgIpc) is 3.17. The molecule has 0 aliphatic carbocycles. The number of fused-ring (bicyclic) bond motifs is 1. The molecule has 0 atom stereocenters. The number of anilines is 1. The predicted molar refractivity (Wildman–Crippen MR) is 128 cm³/mol. The van der Waals surface area contributed by atoms with Gasteiger partial charge in [0, 0.05) is 31.2 Å². The van der Waals surface area contributed by atoms with Crippen LogP contribution < -0.4 is 5.32 Å². The average molecular weight is 429 g/mol. The number of halogens is 1. The lowest BCUT2D eigenvalue weighted by molar-refractivity contribution is 0.221. The van der Waals surface area contributed by atoms with Gasteiger partial charge >= 0.3 is 0 Å². The summed E-state index contributed by atoms with van der Waals surface area (Å²) in [6, 6.07) is 26.1. The fourth-order valence-electron chi connectivity index (χ4n) is 4.56. The van der Waals surface area contributed by atoms with Crippen molar-refractivity contribution in [3.8, 4) is 0 Å².